The first-order valence-corrected chi connectivity index (χ1v) is 23.2. The van der Waals surface area contributed by atoms with Gasteiger partial charge < -0.3 is 18.9 Å². The quantitative estimate of drug-likeness (QED) is 0.0645. The van der Waals surface area contributed by atoms with Crippen molar-refractivity contribution in [2.24, 2.45) is 0 Å². The Labute approximate surface area is 335 Å². The molecule has 4 nitrogen and oxygen atoms in total. The van der Waals surface area contributed by atoms with Gasteiger partial charge in [0.15, 0.2) is 0 Å². The van der Waals surface area contributed by atoms with E-state index >= 15 is 0 Å². The fourth-order valence-electron chi connectivity index (χ4n) is 8.02. The predicted octanol–water partition coefficient (Wildman–Crippen LogP) is 15.9. The van der Waals surface area contributed by atoms with Crippen LogP contribution in [0.4, 0.5) is 0 Å². The average molecular weight is 751 g/mol. The lowest BCUT2D eigenvalue weighted by Gasteiger charge is -2.33. The normalized spacial score (nSPS) is 13.8. The molecule has 2 aromatic carbocycles. The van der Waals surface area contributed by atoms with Gasteiger partial charge in [-0.1, -0.05) is 205 Å². The molecular weight excluding hydrogens is 665 g/mol. The van der Waals surface area contributed by atoms with Gasteiger partial charge in [-0.3, -0.25) is 0 Å². The van der Waals surface area contributed by atoms with Crippen LogP contribution in [0.1, 0.15) is 208 Å². The zero-order valence-corrected chi connectivity index (χ0v) is 36.5. The standard InChI is InChI=1S/C50H86O4/c1-7-13-15-17-19-21-23-25-27-29-35-41-49(9-3,53-11-5)43-51-47-39-33-31-37-45(47)46-38-32-34-40-48(46)52-44-50(10-4,54-12-6)42-36-30-28-26-24-22-20-18-16-14-8-2/h31-34,37-40H,7-30,35-36,41-44H2,1-6H3. The molecule has 2 aromatic rings. The molecule has 54 heavy (non-hydrogen) atoms. The highest BCUT2D eigenvalue weighted by Gasteiger charge is 2.31. The van der Waals surface area contributed by atoms with Gasteiger partial charge in [-0.2, -0.15) is 0 Å². The van der Waals surface area contributed by atoms with Crippen molar-refractivity contribution < 1.29 is 18.9 Å². The van der Waals surface area contributed by atoms with Gasteiger partial charge in [-0.15, -0.1) is 0 Å². The van der Waals surface area contributed by atoms with E-state index in [2.05, 4.69) is 90.1 Å². The third-order valence-corrected chi connectivity index (χ3v) is 11.7. The molecule has 2 rings (SSSR count). The number of benzene rings is 2. The maximum Gasteiger partial charge on any atom is 0.127 e. The first-order chi connectivity index (χ1) is 26.5. The van der Waals surface area contributed by atoms with Gasteiger partial charge in [0.25, 0.3) is 0 Å². The molecule has 0 aliphatic heterocycles. The van der Waals surface area contributed by atoms with Crippen LogP contribution >= 0.6 is 0 Å². The highest BCUT2D eigenvalue weighted by atomic mass is 16.5. The maximum atomic E-state index is 6.73. The Bertz CT molecular complexity index is 1060. The Morgan fingerprint density at radius 1 is 0.370 bits per heavy atom. The summed E-state index contributed by atoms with van der Waals surface area (Å²) < 4.78 is 26.4. The molecule has 2 atom stereocenters. The first-order valence-electron chi connectivity index (χ1n) is 23.2. The molecule has 0 heterocycles. The molecule has 0 N–H and O–H groups in total. The second-order valence-electron chi connectivity index (χ2n) is 16.1. The third kappa shape index (κ3) is 19.7. The summed E-state index contributed by atoms with van der Waals surface area (Å²) in [7, 11) is 0. The van der Waals surface area contributed by atoms with Crippen LogP contribution in [-0.2, 0) is 9.47 Å². The minimum Gasteiger partial charge on any atom is -0.490 e. The van der Waals surface area contributed by atoms with Gasteiger partial charge in [-0.05, 0) is 51.7 Å². The van der Waals surface area contributed by atoms with Crippen molar-refractivity contribution in [1.29, 1.82) is 0 Å². The third-order valence-electron chi connectivity index (χ3n) is 11.7. The van der Waals surface area contributed by atoms with E-state index in [1.54, 1.807) is 0 Å². The van der Waals surface area contributed by atoms with Crippen LogP contribution < -0.4 is 9.47 Å². The highest BCUT2D eigenvalue weighted by Crippen LogP contribution is 2.38. The average Bonchev–Trinajstić information content (AvgIpc) is 3.20. The Balaban J connectivity index is 1.97. The Morgan fingerprint density at radius 3 is 0.963 bits per heavy atom. The molecule has 0 aromatic heterocycles. The minimum absolute atomic E-state index is 0.274. The van der Waals surface area contributed by atoms with E-state index in [1.807, 2.05) is 0 Å². The van der Waals surface area contributed by atoms with E-state index < -0.39 is 0 Å². The lowest BCUT2D eigenvalue weighted by atomic mass is 9.93. The summed E-state index contributed by atoms with van der Waals surface area (Å²) in [4.78, 5) is 0. The molecule has 0 bridgehead atoms. The largest absolute Gasteiger partial charge is 0.490 e. The fraction of sp³-hybridized carbons (Fsp3) is 0.760. The second-order valence-corrected chi connectivity index (χ2v) is 16.1. The maximum absolute atomic E-state index is 6.73. The Hall–Kier alpha value is -2.04. The SMILES string of the molecule is CCCCCCCCCCCCCC(CC)(COc1ccccc1-c1ccccc1OCC(CC)(CCCCCCCCCCCCC)OCC)OCC. The number of unbranched alkanes of at least 4 members (excludes halogenated alkanes) is 20. The number of rotatable bonds is 37. The summed E-state index contributed by atoms with van der Waals surface area (Å²) in [5.74, 6) is 1.77. The Morgan fingerprint density at radius 2 is 0.667 bits per heavy atom. The molecule has 0 aliphatic rings. The Kier molecular flexibility index (Phi) is 27.7. The smallest absolute Gasteiger partial charge is 0.127 e. The van der Waals surface area contributed by atoms with Gasteiger partial charge in [-0.25, -0.2) is 0 Å². The molecule has 0 radical (unpaired) electrons. The van der Waals surface area contributed by atoms with Gasteiger partial charge >= 0.3 is 0 Å². The summed E-state index contributed by atoms with van der Waals surface area (Å²) in [5.41, 5.74) is 1.58. The van der Waals surface area contributed by atoms with Crippen LogP contribution in [0.3, 0.4) is 0 Å². The number of para-hydroxylation sites is 2. The second kappa shape index (κ2) is 31.1. The molecule has 0 spiro atoms. The van der Waals surface area contributed by atoms with E-state index in [9.17, 15) is 0 Å². The summed E-state index contributed by atoms with van der Waals surface area (Å²) in [5, 5.41) is 0. The van der Waals surface area contributed by atoms with Crippen LogP contribution in [0.25, 0.3) is 11.1 Å². The summed E-state index contributed by atoms with van der Waals surface area (Å²) in [6.45, 7) is 15.8. The van der Waals surface area contributed by atoms with Crippen LogP contribution in [-0.4, -0.2) is 37.6 Å². The van der Waals surface area contributed by atoms with E-state index in [4.69, 9.17) is 18.9 Å². The molecule has 0 saturated carbocycles. The van der Waals surface area contributed by atoms with Gasteiger partial charge in [0, 0.05) is 24.3 Å². The first kappa shape index (κ1) is 48.1. The molecule has 0 fully saturated rings. The van der Waals surface area contributed by atoms with Crippen LogP contribution in [0, 0.1) is 0 Å². The summed E-state index contributed by atoms with van der Waals surface area (Å²) >= 11 is 0. The van der Waals surface area contributed by atoms with Crippen LogP contribution in [0.15, 0.2) is 48.5 Å². The van der Waals surface area contributed by atoms with Crippen molar-refractivity contribution in [2.75, 3.05) is 26.4 Å². The number of ether oxygens (including phenoxy) is 4. The topological polar surface area (TPSA) is 36.9 Å². The summed E-state index contributed by atoms with van der Waals surface area (Å²) in [6.07, 6.45) is 33.7. The molecule has 2 unspecified atom stereocenters. The van der Waals surface area contributed by atoms with E-state index in [1.165, 1.54) is 141 Å². The molecule has 4 heteroatoms. The zero-order valence-electron chi connectivity index (χ0n) is 36.5. The number of hydrogen-bond donors (Lipinski definition) is 0. The van der Waals surface area contributed by atoms with Crippen molar-refractivity contribution in [1.82, 2.24) is 0 Å². The number of hydrogen-bond acceptors (Lipinski definition) is 4. The van der Waals surface area contributed by atoms with Crippen molar-refractivity contribution in [3.05, 3.63) is 48.5 Å². The van der Waals surface area contributed by atoms with Crippen molar-refractivity contribution in [3.63, 3.8) is 0 Å². The van der Waals surface area contributed by atoms with Crippen LogP contribution in [0.5, 0.6) is 11.5 Å². The molecule has 0 aliphatic carbocycles. The van der Waals surface area contributed by atoms with Gasteiger partial charge in [0.2, 0.25) is 0 Å². The predicted molar refractivity (Wildman–Crippen MR) is 234 cm³/mol. The minimum atomic E-state index is -0.274. The monoisotopic (exact) mass is 751 g/mol. The van der Waals surface area contributed by atoms with Crippen molar-refractivity contribution in [2.45, 2.75) is 220 Å². The zero-order chi connectivity index (χ0) is 39.0. The molecular formula is C50H86O4. The van der Waals surface area contributed by atoms with Crippen molar-refractivity contribution in [3.8, 4) is 22.6 Å². The molecule has 310 valence electrons. The molecule has 0 saturated heterocycles. The van der Waals surface area contributed by atoms with Crippen LogP contribution in [0.2, 0.25) is 0 Å². The molecule has 0 amide bonds. The van der Waals surface area contributed by atoms with Gasteiger partial charge in [0.1, 0.15) is 35.9 Å². The van der Waals surface area contributed by atoms with Gasteiger partial charge in [0.05, 0.1) is 0 Å². The van der Waals surface area contributed by atoms with Crippen molar-refractivity contribution >= 4 is 0 Å². The summed E-state index contributed by atoms with van der Waals surface area (Å²) in [6, 6.07) is 16.9. The van der Waals surface area contributed by atoms with E-state index in [0.717, 1.165) is 48.3 Å². The fourth-order valence-corrected chi connectivity index (χ4v) is 8.02. The van der Waals surface area contributed by atoms with E-state index in [-0.39, 0.29) is 11.2 Å². The lowest BCUT2D eigenvalue weighted by Crippen LogP contribution is -2.39. The van der Waals surface area contributed by atoms with E-state index in [0.29, 0.717) is 26.4 Å². The highest BCUT2D eigenvalue weighted by molar-refractivity contribution is 5.75. The lowest BCUT2D eigenvalue weighted by molar-refractivity contribution is -0.0777.